The van der Waals surface area contributed by atoms with Crippen LogP contribution in [0.2, 0.25) is 0 Å². The Morgan fingerprint density at radius 2 is 0.948 bits per heavy atom. The number of fused-ring (bicyclic) bond motifs is 14. The molecule has 2 aliphatic rings. The number of aromatic nitrogens is 2. The highest BCUT2D eigenvalue weighted by molar-refractivity contribution is 6.13. The number of hydrogen-bond donors (Lipinski definition) is 0. The van der Waals surface area contributed by atoms with E-state index in [4.69, 9.17) is 4.74 Å². The second kappa shape index (κ2) is 11.7. The Balaban J connectivity index is 0.998. The molecule has 0 amide bonds. The normalized spacial score (nSPS) is 15.1. The molecule has 0 saturated carbocycles. The summed E-state index contributed by atoms with van der Waals surface area (Å²) in [5.74, 6) is 1.79. The van der Waals surface area contributed by atoms with E-state index in [0.29, 0.717) is 0 Å². The van der Waals surface area contributed by atoms with Crippen LogP contribution in [0.4, 0.5) is 0 Å². The summed E-state index contributed by atoms with van der Waals surface area (Å²) in [4.78, 5) is 0. The van der Waals surface area contributed by atoms with Gasteiger partial charge in [0.05, 0.1) is 33.2 Å². The maximum atomic E-state index is 7.08. The standard InChI is InChI=1S/C55H34N2O/c1-2-14-38(15-3-1)56-48-24-8-5-17-41(48)43-34-37(32-33-50(43)56)35-28-30-36(31-29-35)39-18-12-23-47-54(39)58-52-27-11-7-21-45(52)55(47)44-20-6-10-26-51(44)57-49-25-9-4-16-40(49)42-19-13-22-46(55)53(42)57/h1-34H. The maximum absolute atomic E-state index is 7.08. The maximum Gasteiger partial charge on any atom is 0.140 e. The summed E-state index contributed by atoms with van der Waals surface area (Å²) in [6.07, 6.45) is 0. The Morgan fingerprint density at radius 3 is 1.79 bits per heavy atom. The van der Waals surface area contributed by atoms with Crippen molar-refractivity contribution in [3.8, 4) is 45.1 Å². The summed E-state index contributed by atoms with van der Waals surface area (Å²) in [5, 5.41) is 5.03. The van der Waals surface area contributed by atoms with Gasteiger partial charge in [-0.3, -0.25) is 0 Å². The van der Waals surface area contributed by atoms with E-state index in [9.17, 15) is 0 Å². The van der Waals surface area contributed by atoms with Crippen LogP contribution < -0.4 is 4.74 Å². The highest BCUT2D eigenvalue weighted by Crippen LogP contribution is 2.61. The van der Waals surface area contributed by atoms with Gasteiger partial charge < -0.3 is 13.9 Å². The Bertz CT molecular complexity index is 3480. The van der Waals surface area contributed by atoms with E-state index in [2.05, 4.69) is 215 Å². The van der Waals surface area contributed by atoms with Crippen LogP contribution in [0, 0.1) is 0 Å². The van der Waals surface area contributed by atoms with Crippen molar-refractivity contribution >= 4 is 43.6 Å². The van der Waals surface area contributed by atoms with Crippen molar-refractivity contribution in [2.75, 3.05) is 0 Å². The van der Waals surface area contributed by atoms with E-state index in [1.54, 1.807) is 0 Å². The minimum atomic E-state index is -0.602. The first-order chi connectivity index (χ1) is 28.8. The van der Waals surface area contributed by atoms with Crippen LogP contribution in [0.3, 0.4) is 0 Å². The fourth-order valence-corrected chi connectivity index (χ4v) is 10.4. The monoisotopic (exact) mass is 738 g/mol. The lowest BCUT2D eigenvalue weighted by Crippen LogP contribution is -2.37. The van der Waals surface area contributed by atoms with Crippen molar-refractivity contribution in [1.82, 2.24) is 9.13 Å². The van der Waals surface area contributed by atoms with Gasteiger partial charge in [-0.05, 0) is 76.3 Å². The van der Waals surface area contributed by atoms with E-state index >= 15 is 0 Å². The second-order valence-corrected chi connectivity index (χ2v) is 15.6. The molecule has 0 fully saturated rings. The summed E-state index contributed by atoms with van der Waals surface area (Å²) in [5.41, 5.74) is 16.1. The molecule has 2 aromatic heterocycles. The van der Waals surface area contributed by atoms with Gasteiger partial charge in [-0.15, -0.1) is 0 Å². The minimum Gasteiger partial charge on any atom is -0.456 e. The summed E-state index contributed by atoms with van der Waals surface area (Å²) in [7, 11) is 0. The van der Waals surface area contributed by atoms with Crippen LogP contribution in [-0.4, -0.2) is 9.13 Å². The van der Waals surface area contributed by atoms with E-state index in [0.717, 1.165) is 33.8 Å². The average Bonchev–Trinajstić information content (AvgIpc) is 3.81. The highest BCUT2D eigenvalue weighted by Gasteiger charge is 2.50. The molecule has 1 unspecified atom stereocenters. The molecule has 1 spiro atoms. The van der Waals surface area contributed by atoms with Gasteiger partial charge in [0.1, 0.15) is 11.5 Å². The molecule has 0 aliphatic carbocycles. The SMILES string of the molecule is c1ccc(-n2c3ccccc3c3cc(-c4ccc(-c5cccc6c5Oc5ccccc5C65c6ccccc6-n6c7ccccc7c7cccc5c76)cc4)ccc32)cc1. The third-order valence-corrected chi connectivity index (χ3v) is 12.8. The number of ether oxygens (including phenoxy) is 1. The second-order valence-electron chi connectivity index (χ2n) is 15.6. The first-order valence-electron chi connectivity index (χ1n) is 20.0. The van der Waals surface area contributed by atoms with Gasteiger partial charge in [-0.2, -0.15) is 0 Å². The molecule has 13 rings (SSSR count). The molecule has 58 heavy (non-hydrogen) atoms. The average molecular weight is 739 g/mol. The molecule has 270 valence electrons. The largest absolute Gasteiger partial charge is 0.456 e. The van der Waals surface area contributed by atoms with Crippen LogP contribution in [0.25, 0.3) is 77.2 Å². The number of nitrogens with zero attached hydrogens (tertiary/aromatic N) is 2. The molecular weight excluding hydrogens is 705 g/mol. The van der Waals surface area contributed by atoms with Crippen LogP contribution in [0.15, 0.2) is 206 Å². The van der Waals surface area contributed by atoms with Gasteiger partial charge in [0, 0.05) is 43.9 Å². The zero-order chi connectivity index (χ0) is 38.0. The lowest BCUT2D eigenvalue weighted by atomic mass is 9.61. The van der Waals surface area contributed by atoms with Gasteiger partial charge in [0.15, 0.2) is 0 Å². The van der Waals surface area contributed by atoms with Crippen LogP contribution in [0.5, 0.6) is 11.5 Å². The Kier molecular flexibility index (Phi) is 6.37. The van der Waals surface area contributed by atoms with Crippen molar-refractivity contribution in [3.63, 3.8) is 0 Å². The molecule has 3 heteroatoms. The Morgan fingerprint density at radius 1 is 0.362 bits per heavy atom. The van der Waals surface area contributed by atoms with Gasteiger partial charge in [-0.25, -0.2) is 0 Å². The molecule has 0 N–H and O–H groups in total. The molecule has 3 nitrogen and oxygen atoms in total. The molecule has 0 radical (unpaired) electrons. The van der Waals surface area contributed by atoms with E-state index in [-0.39, 0.29) is 0 Å². The number of benzene rings is 9. The minimum absolute atomic E-state index is 0.602. The number of para-hydroxylation sites is 7. The van der Waals surface area contributed by atoms with E-state index in [1.165, 1.54) is 77.2 Å². The Labute approximate surface area is 335 Å². The quantitative estimate of drug-likeness (QED) is 0.177. The van der Waals surface area contributed by atoms with Gasteiger partial charge in [0.25, 0.3) is 0 Å². The topological polar surface area (TPSA) is 19.1 Å². The summed E-state index contributed by atoms with van der Waals surface area (Å²) < 4.78 is 11.9. The van der Waals surface area contributed by atoms with Gasteiger partial charge in [-0.1, -0.05) is 158 Å². The molecule has 0 bridgehead atoms. The van der Waals surface area contributed by atoms with Crippen molar-refractivity contribution in [1.29, 1.82) is 0 Å². The predicted octanol–water partition coefficient (Wildman–Crippen LogP) is 14.0. The zero-order valence-corrected chi connectivity index (χ0v) is 31.4. The third-order valence-electron chi connectivity index (χ3n) is 12.8. The molecule has 9 aromatic carbocycles. The van der Waals surface area contributed by atoms with Crippen LogP contribution >= 0.6 is 0 Å². The lowest BCUT2D eigenvalue weighted by Gasteiger charge is -2.45. The predicted molar refractivity (Wildman–Crippen MR) is 238 cm³/mol. The first-order valence-corrected chi connectivity index (χ1v) is 20.0. The smallest absolute Gasteiger partial charge is 0.140 e. The van der Waals surface area contributed by atoms with Crippen LogP contribution in [0.1, 0.15) is 22.3 Å². The summed E-state index contributed by atoms with van der Waals surface area (Å²) in [6.45, 7) is 0. The molecule has 2 aliphatic heterocycles. The Hall–Kier alpha value is -7.62. The third kappa shape index (κ3) is 4.07. The van der Waals surface area contributed by atoms with Gasteiger partial charge >= 0.3 is 0 Å². The first kappa shape index (κ1) is 31.6. The lowest BCUT2D eigenvalue weighted by molar-refractivity contribution is 0.435. The fraction of sp³-hybridized carbons (Fsp3) is 0.0182. The van der Waals surface area contributed by atoms with Crippen molar-refractivity contribution in [3.05, 3.63) is 229 Å². The number of hydrogen-bond acceptors (Lipinski definition) is 1. The number of rotatable bonds is 3. The molecule has 4 heterocycles. The molecular formula is C55H34N2O. The van der Waals surface area contributed by atoms with E-state index in [1.807, 2.05) is 0 Å². The van der Waals surface area contributed by atoms with E-state index < -0.39 is 5.41 Å². The van der Waals surface area contributed by atoms with Crippen LogP contribution in [-0.2, 0) is 5.41 Å². The van der Waals surface area contributed by atoms with Gasteiger partial charge in [0.2, 0.25) is 0 Å². The van der Waals surface area contributed by atoms with Crippen molar-refractivity contribution in [2.24, 2.45) is 0 Å². The summed E-state index contributed by atoms with van der Waals surface area (Å²) >= 11 is 0. The zero-order valence-electron chi connectivity index (χ0n) is 31.4. The summed E-state index contributed by atoms with van der Waals surface area (Å²) in [6, 6.07) is 75.3. The molecule has 11 aromatic rings. The fourth-order valence-electron chi connectivity index (χ4n) is 10.4. The molecule has 0 saturated heterocycles. The highest BCUT2D eigenvalue weighted by atomic mass is 16.5. The van der Waals surface area contributed by atoms with Crippen molar-refractivity contribution in [2.45, 2.75) is 5.41 Å². The van der Waals surface area contributed by atoms with Crippen molar-refractivity contribution < 1.29 is 4.74 Å². The molecule has 1 atom stereocenters.